The largest absolute Gasteiger partial charge is 0.326 e. The van der Waals surface area contributed by atoms with Gasteiger partial charge in [-0.25, -0.2) is 4.98 Å². The Kier molecular flexibility index (Phi) is 2.82. The highest BCUT2D eigenvalue weighted by Crippen LogP contribution is 2.34. The zero-order chi connectivity index (χ0) is 11.8. The summed E-state index contributed by atoms with van der Waals surface area (Å²) in [6.45, 7) is 2.67. The van der Waals surface area contributed by atoms with Gasteiger partial charge in [-0.05, 0) is 6.07 Å². The van der Waals surface area contributed by atoms with E-state index >= 15 is 0 Å². The third-order valence-electron chi connectivity index (χ3n) is 2.96. The number of hydrogen-bond donors (Lipinski definition) is 1. The van der Waals surface area contributed by atoms with Crippen molar-refractivity contribution in [3.05, 3.63) is 40.3 Å². The first kappa shape index (κ1) is 11.1. The van der Waals surface area contributed by atoms with Gasteiger partial charge in [-0.3, -0.25) is 0 Å². The smallest absolute Gasteiger partial charge is 0.123 e. The van der Waals surface area contributed by atoms with E-state index in [-0.39, 0.29) is 0 Å². The molecule has 0 radical (unpaired) electrons. The normalized spacial score (nSPS) is 14.7. The molecule has 0 fully saturated rings. The fourth-order valence-electron chi connectivity index (χ4n) is 2.11. The Morgan fingerprint density at radius 3 is 3.06 bits per heavy atom. The lowest BCUT2D eigenvalue weighted by atomic mass is 10.1. The summed E-state index contributed by atoms with van der Waals surface area (Å²) in [6.07, 6.45) is 1.86. The minimum absolute atomic E-state index is 0.577. The molecule has 1 aliphatic heterocycles. The Labute approximate surface area is 109 Å². The third kappa shape index (κ3) is 1.84. The van der Waals surface area contributed by atoms with Crippen LogP contribution in [0.2, 0.25) is 10.0 Å². The highest BCUT2D eigenvalue weighted by molar-refractivity contribution is 6.43. The van der Waals surface area contributed by atoms with Crippen LogP contribution < -0.4 is 5.32 Å². The molecule has 0 bridgehead atoms. The fourth-order valence-corrected chi connectivity index (χ4v) is 2.51. The van der Waals surface area contributed by atoms with E-state index in [1.165, 1.54) is 0 Å². The van der Waals surface area contributed by atoms with Crippen molar-refractivity contribution >= 4 is 23.2 Å². The number of benzene rings is 1. The zero-order valence-electron chi connectivity index (χ0n) is 9.08. The van der Waals surface area contributed by atoms with Gasteiger partial charge in [0, 0.05) is 18.7 Å². The summed E-state index contributed by atoms with van der Waals surface area (Å²) in [4.78, 5) is 4.40. The molecule has 17 heavy (non-hydrogen) atoms. The maximum absolute atomic E-state index is 6.24. The van der Waals surface area contributed by atoms with E-state index in [0.29, 0.717) is 10.0 Å². The zero-order valence-corrected chi connectivity index (χ0v) is 10.6. The van der Waals surface area contributed by atoms with E-state index in [1.54, 1.807) is 6.07 Å². The van der Waals surface area contributed by atoms with Crippen LogP contribution in [0.15, 0.2) is 24.4 Å². The summed E-state index contributed by atoms with van der Waals surface area (Å²) in [5.74, 6) is 1.04. The van der Waals surface area contributed by atoms with Crippen LogP contribution in [-0.4, -0.2) is 16.1 Å². The molecule has 2 heterocycles. The topological polar surface area (TPSA) is 29.9 Å². The predicted octanol–water partition coefficient (Wildman–Crippen LogP) is 2.96. The van der Waals surface area contributed by atoms with Gasteiger partial charge in [0.1, 0.15) is 5.82 Å². The molecule has 2 aromatic rings. The molecule has 1 aromatic heterocycles. The molecule has 3 rings (SSSR count). The summed E-state index contributed by atoms with van der Waals surface area (Å²) in [5.41, 5.74) is 1.98. The summed E-state index contributed by atoms with van der Waals surface area (Å²) < 4.78 is 2.19. The van der Waals surface area contributed by atoms with Crippen molar-refractivity contribution < 1.29 is 0 Å². The van der Waals surface area contributed by atoms with Crippen LogP contribution in [0.5, 0.6) is 0 Å². The van der Waals surface area contributed by atoms with Gasteiger partial charge in [0.15, 0.2) is 0 Å². The van der Waals surface area contributed by atoms with Crippen molar-refractivity contribution in [2.45, 2.75) is 13.1 Å². The van der Waals surface area contributed by atoms with Crippen LogP contribution in [0.3, 0.4) is 0 Å². The van der Waals surface area contributed by atoms with Gasteiger partial charge >= 0.3 is 0 Å². The van der Waals surface area contributed by atoms with E-state index in [2.05, 4.69) is 14.9 Å². The predicted molar refractivity (Wildman–Crippen MR) is 69.4 cm³/mol. The summed E-state index contributed by atoms with van der Waals surface area (Å²) in [5, 5.41) is 4.46. The van der Waals surface area contributed by atoms with Gasteiger partial charge in [0.25, 0.3) is 0 Å². The van der Waals surface area contributed by atoms with Crippen molar-refractivity contribution in [1.82, 2.24) is 14.9 Å². The van der Waals surface area contributed by atoms with Gasteiger partial charge in [0.2, 0.25) is 0 Å². The number of nitrogens with zero attached hydrogens (tertiary/aromatic N) is 2. The lowest BCUT2D eigenvalue weighted by Crippen LogP contribution is -2.28. The number of rotatable bonds is 1. The molecule has 0 saturated carbocycles. The van der Waals surface area contributed by atoms with Crippen LogP contribution in [0.1, 0.15) is 5.82 Å². The molecular weight excluding hydrogens is 257 g/mol. The Morgan fingerprint density at radius 2 is 2.18 bits per heavy atom. The van der Waals surface area contributed by atoms with Crippen molar-refractivity contribution in [2.75, 3.05) is 6.54 Å². The number of hydrogen-bond acceptors (Lipinski definition) is 2. The molecule has 1 aromatic carbocycles. The van der Waals surface area contributed by atoms with Gasteiger partial charge in [-0.2, -0.15) is 0 Å². The molecule has 88 valence electrons. The van der Waals surface area contributed by atoms with Gasteiger partial charge in [-0.1, -0.05) is 35.3 Å². The van der Waals surface area contributed by atoms with Gasteiger partial charge < -0.3 is 9.88 Å². The Morgan fingerprint density at radius 1 is 1.29 bits per heavy atom. The minimum atomic E-state index is 0.577. The first-order valence-corrected chi connectivity index (χ1v) is 6.22. The number of halogens is 2. The molecule has 1 aliphatic rings. The highest BCUT2D eigenvalue weighted by atomic mass is 35.5. The second kappa shape index (κ2) is 4.33. The standard InChI is InChI=1S/C12H11Cl2N3/c13-9-3-1-2-8(12(9)14)10-6-16-11-7-15-4-5-17(10)11/h1-3,6,15H,4-5,7H2. The molecule has 0 atom stereocenters. The Balaban J connectivity index is 2.15. The van der Waals surface area contributed by atoms with Crippen LogP contribution >= 0.6 is 23.2 Å². The maximum atomic E-state index is 6.24. The van der Waals surface area contributed by atoms with Crippen LogP contribution in [0.4, 0.5) is 0 Å². The first-order chi connectivity index (χ1) is 8.27. The Hall–Kier alpha value is -1.03. The van der Waals surface area contributed by atoms with Gasteiger partial charge in [-0.15, -0.1) is 0 Å². The third-order valence-corrected chi connectivity index (χ3v) is 3.78. The Bertz CT molecular complexity index is 563. The molecular formula is C12H11Cl2N3. The second-order valence-corrected chi connectivity index (χ2v) is 4.77. The minimum Gasteiger partial charge on any atom is -0.326 e. The molecule has 0 aliphatic carbocycles. The number of imidazole rings is 1. The number of aromatic nitrogens is 2. The number of nitrogens with one attached hydrogen (secondary N) is 1. The fraction of sp³-hybridized carbons (Fsp3) is 0.250. The van der Waals surface area contributed by atoms with Crippen molar-refractivity contribution in [1.29, 1.82) is 0 Å². The quantitative estimate of drug-likeness (QED) is 0.861. The van der Waals surface area contributed by atoms with E-state index in [4.69, 9.17) is 23.2 Å². The van der Waals surface area contributed by atoms with Gasteiger partial charge in [0.05, 0.1) is 28.5 Å². The van der Waals surface area contributed by atoms with E-state index in [1.807, 2.05) is 18.3 Å². The molecule has 0 amide bonds. The van der Waals surface area contributed by atoms with Crippen molar-refractivity contribution in [3.63, 3.8) is 0 Å². The molecule has 1 N–H and O–H groups in total. The monoisotopic (exact) mass is 267 g/mol. The lowest BCUT2D eigenvalue weighted by Gasteiger charge is -2.18. The number of fused-ring (bicyclic) bond motifs is 1. The first-order valence-electron chi connectivity index (χ1n) is 5.47. The van der Waals surface area contributed by atoms with Crippen LogP contribution in [0, 0.1) is 0 Å². The maximum Gasteiger partial charge on any atom is 0.123 e. The SMILES string of the molecule is Clc1cccc(-c2cnc3n2CCNC3)c1Cl. The molecule has 5 heteroatoms. The molecule has 0 unspecified atom stereocenters. The molecule has 3 nitrogen and oxygen atoms in total. The summed E-state index contributed by atoms with van der Waals surface area (Å²) in [6, 6.07) is 5.67. The lowest BCUT2D eigenvalue weighted by molar-refractivity contribution is 0.508. The van der Waals surface area contributed by atoms with E-state index in [9.17, 15) is 0 Å². The summed E-state index contributed by atoms with van der Waals surface area (Å²) in [7, 11) is 0. The molecule has 0 spiro atoms. The highest BCUT2D eigenvalue weighted by Gasteiger charge is 2.17. The second-order valence-electron chi connectivity index (χ2n) is 3.99. The summed E-state index contributed by atoms with van der Waals surface area (Å²) >= 11 is 12.3. The molecule has 0 saturated heterocycles. The van der Waals surface area contributed by atoms with Crippen molar-refractivity contribution in [3.8, 4) is 11.3 Å². The average molecular weight is 268 g/mol. The van der Waals surface area contributed by atoms with E-state index < -0.39 is 0 Å². The van der Waals surface area contributed by atoms with E-state index in [0.717, 1.165) is 36.7 Å². The van der Waals surface area contributed by atoms with Crippen LogP contribution in [0.25, 0.3) is 11.3 Å². The average Bonchev–Trinajstić information content (AvgIpc) is 2.77. The van der Waals surface area contributed by atoms with Crippen molar-refractivity contribution in [2.24, 2.45) is 0 Å². The van der Waals surface area contributed by atoms with Crippen LogP contribution in [-0.2, 0) is 13.1 Å².